The van der Waals surface area contributed by atoms with Crippen LogP contribution in [0.5, 0.6) is 0 Å². The van der Waals surface area contributed by atoms with Gasteiger partial charge in [-0.15, -0.1) is 0 Å². The van der Waals surface area contributed by atoms with Gasteiger partial charge in [0.15, 0.2) is 0 Å². The predicted molar refractivity (Wildman–Crippen MR) is 106 cm³/mol. The van der Waals surface area contributed by atoms with Crippen LogP contribution in [-0.2, 0) is 4.79 Å². The Hall–Kier alpha value is -2.66. The van der Waals surface area contributed by atoms with Crippen LogP contribution in [0.3, 0.4) is 0 Å². The molecule has 1 fully saturated rings. The number of nitrogens with zero attached hydrogens (tertiary/aromatic N) is 1. The summed E-state index contributed by atoms with van der Waals surface area (Å²) in [5, 5.41) is 5.86. The number of likely N-dealkylation sites (N-methyl/N-ethyl adjacent to an activating group) is 1. The Kier molecular flexibility index (Phi) is 6.60. The number of rotatable bonds is 9. The Bertz CT molecular complexity index is 745. The highest BCUT2D eigenvalue weighted by molar-refractivity contribution is 5.97. The van der Waals surface area contributed by atoms with Crippen molar-refractivity contribution in [3.8, 4) is 0 Å². The molecule has 2 aromatic carbocycles. The van der Waals surface area contributed by atoms with Crippen molar-refractivity contribution in [2.45, 2.75) is 31.8 Å². The number of carbonyl (C=O) groups excluding carboxylic acids is 2. The van der Waals surface area contributed by atoms with E-state index in [2.05, 4.69) is 22.5 Å². The van der Waals surface area contributed by atoms with E-state index in [1.54, 1.807) is 12.1 Å². The van der Waals surface area contributed by atoms with Crippen molar-refractivity contribution in [3.05, 3.63) is 71.8 Å². The van der Waals surface area contributed by atoms with Crippen LogP contribution < -0.4 is 10.6 Å². The molecule has 1 saturated carbocycles. The topological polar surface area (TPSA) is 61.4 Å². The summed E-state index contributed by atoms with van der Waals surface area (Å²) in [5.74, 6) is -0.440. The average Bonchev–Trinajstić information content (AvgIpc) is 3.55. The zero-order valence-corrected chi connectivity index (χ0v) is 15.7. The van der Waals surface area contributed by atoms with Gasteiger partial charge in [0.25, 0.3) is 5.91 Å². The molecule has 1 aliphatic rings. The van der Waals surface area contributed by atoms with Crippen LogP contribution in [0.1, 0.15) is 41.7 Å². The third-order valence-corrected chi connectivity index (χ3v) is 4.87. The molecule has 0 radical (unpaired) electrons. The summed E-state index contributed by atoms with van der Waals surface area (Å²) in [6.07, 6.45) is 2.50. The van der Waals surface area contributed by atoms with Gasteiger partial charge in [-0.25, -0.2) is 0 Å². The van der Waals surface area contributed by atoms with Crippen molar-refractivity contribution in [1.82, 2.24) is 15.5 Å². The summed E-state index contributed by atoms with van der Waals surface area (Å²) in [6, 6.07) is 18.3. The first-order chi connectivity index (χ1) is 13.2. The molecule has 0 bridgehead atoms. The van der Waals surface area contributed by atoms with E-state index in [0.717, 1.165) is 18.7 Å². The minimum Gasteiger partial charge on any atom is -0.353 e. The lowest BCUT2D eigenvalue weighted by atomic mass is 10.1. The van der Waals surface area contributed by atoms with Gasteiger partial charge in [-0.2, -0.15) is 0 Å². The van der Waals surface area contributed by atoms with E-state index in [1.807, 2.05) is 48.5 Å². The minimum absolute atomic E-state index is 0.183. The van der Waals surface area contributed by atoms with Crippen LogP contribution in [0, 0.1) is 0 Å². The standard InChI is InChI=1S/C22H27N3O2/c1-2-25(19-13-14-19)16-15-23-22(27)20(17-9-5-3-6-10-17)24-21(26)18-11-7-4-8-12-18/h3-12,19-20H,2,13-16H2,1H3,(H,23,27)(H,24,26). The molecule has 5 heteroatoms. The quantitative estimate of drug-likeness (QED) is 0.718. The van der Waals surface area contributed by atoms with Gasteiger partial charge >= 0.3 is 0 Å². The van der Waals surface area contributed by atoms with E-state index < -0.39 is 6.04 Å². The Balaban J connectivity index is 1.64. The molecule has 27 heavy (non-hydrogen) atoms. The van der Waals surface area contributed by atoms with Crippen LogP contribution in [-0.4, -0.2) is 42.4 Å². The fourth-order valence-electron chi connectivity index (χ4n) is 3.21. The molecule has 0 aromatic heterocycles. The molecule has 142 valence electrons. The maximum Gasteiger partial charge on any atom is 0.252 e. The van der Waals surface area contributed by atoms with E-state index in [9.17, 15) is 9.59 Å². The van der Waals surface area contributed by atoms with Gasteiger partial charge in [-0.1, -0.05) is 55.5 Å². The highest BCUT2D eigenvalue weighted by Gasteiger charge is 2.28. The first-order valence-electron chi connectivity index (χ1n) is 9.61. The molecule has 1 unspecified atom stereocenters. The molecule has 2 amide bonds. The maximum atomic E-state index is 12.8. The number of benzene rings is 2. The van der Waals surface area contributed by atoms with E-state index in [4.69, 9.17) is 0 Å². The zero-order valence-electron chi connectivity index (χ0n) is 15.7. The molecule has 1 aliphatic carbocycles. The van der Waals surface area contributed by atoms with Gasteiger partial charge in [-0.05, 0) is 37.1 Å². The monoisotopic (exact) mass is 365 g/mol. The number of hydrogen-bond donors (Lipinski definition) is 2. The summed E-state index contributed by atoms with van der Waals surface area (Å²) in [5.41, 5.74) is 1.31. The fourth-order valence-corrected chi connectivity index (χ4v) is 3.21. The molecule has 1 atom stereocenters. The summed E-state index contributed by atoms with van der Waals surface area (Å²) < 4.78 is 0. The Morgan fingerprint density at radius 3 is 2.26 bits per heavy atom. The van der Waals surface area contributed by atoms with Gasteiger partial charge in [0, 0.05) is 24.7 Å². The van der Waals surface area contributed by atoms with Crippen molar-refractivity contribution in [3.63, 3.8) is 0 Å². The maximum absolute atomic E-state index is 12.8. The summed E-state index contributed by atoms with van der Waals surface area (Å²) in [6.45, 7) is 4.55. The van der Waals surface area contributed by atoms with Crippen molar-refractivity contribution in [2.24, 2.45) is 0 Å². The molecule has 2 aromatic rings. The molecule has 0 aliphatic heterocycles. The third-order valence-electron chi connectivity index (χ3n) is 4.87. The summed E-state index contributed by atoms with van der Waals surface area (Å²) >= 11 is 0. The molecule has 0 saturated heterocycles. The highest BCUT2D eigenvalue weighted by atomic mass is 16.2. The number of carbonyl (C=O) groups is 2. The normalized spacial score (nSPS) is 14.6. The summed E-state index contributed by atoms with van der Waals surface area (Å²) in [7, 11) is 0. The van der Waals surface area contributed by atoms with Crippen LogP contribution in [0.4, 0.5) is 0 Å². The van der Waals surface area contributed by atoms with Gasteiger partial charge in [0.1, 0.15) is 6.04 Å². The fraction of sp³-hybridized carbons (Fsp3) is 0.364. The second kappa shape index (κ2) is 9.33. The molecule has 2 N–H and O–H groups in total. The summed E-state index contributed by atoms with van der Waals surface area (Å²) in [4.78, 5) is 27.8. The lowest BCUT2D eigenvalue weighted by Gasteiger charge is -2.22. The molecular formula is C22H27N3O2. The predicted octanol–water partition coefficient (Wildman–Crippen LogP) is 2.76. The van der Waals surface area contributed by atoms with Gasteiger partial charge in [0.05, 0.1) is 0 Å². The first-order valence-corrected chi connectivity index (χ1v) is 9.61. The van der Waals surface area contributed by atoms with Crippen molar-refractivity contribution in [2.75, 3.05) is 19.6 Å². The zero-order chi connectivity index (χ0) is 19.1. The Morgan fingerprint density at radius 2 is 1.67 bits per heavy atom. The number of nitrogens with one attached hydrogen (secondary N) is 2. The van der Waals surface area contributed by atoms with Crippen LogP contribution in [0.15, 0.2) is 60.7 Å². The number of amides is 2. The lowest BCUT2D eigenvalue weighted by molar-refractivity contribution is -0.123. The lowest BCUT2D eigenvalue weighted by Crippen LogP contribution is -2.43. The van der Waals surface area contributed by atoms with Gasteiger partial charge < -0.3 is 10.6 Å². The van der Waals surface area contributed by atoms with Crippen molar-refractivity contribution in [1.29, 1.82) is 0 Å². The number of hydrogen-bond acceptors (Lipinski definition) is 3. The van der Waals surface area contributed by atoms with E-state index in [-0.39, 0.29) is 11.8 Å². The van der Waals surface area contributed by atoms with Crippen LogP contribution >= 0.6 is 0 Å². The second-order valence-electron chi connectivity index (χ2n) is 6.83. The SMILES string of the molecule is CCN(CCNC(=O)C(NC(=O)c1ccccc1)c1ccccc1)C1CC1. The molecule has 0 heterocycles. The third kappa shape index (κ3) is 5.41. The van der Waals surface area contributed by atoms with Crippen LogP contribution in [0.25, 0.3) is 0 Å². The Labute approximate surface area is 160 Å². The molecular weight excluding hydrogens is 338 g/mol. The van der Waals surface area contributed by atoms with E-state index in [1.165, 1.54) is 12.8 Å². The molecule has 3 rings (SSSR count). The van der Waals surface area contributed by atoms with E-state index in [0.29, 0.717) is 18.2 Å². The van der Waals surface area contributed by atoms with Crippen LogP contribution in [0.2, 0.25) is 0 Å². The van der Waals surface area contributed by atoms with Gasteiger partial charge in [-0.3, -0.25) is 14.5 Å². The minimum atomic E-state index is -0.713. The van der Waals surface area contributed by atoms with Crippen molar-refractivity contribution >= 4 is 11.8 Å². The van der Waals surface area contributed by atoms with Crippen molar-refractivity contribution < 1.29 is 9.59 Å². The first kappa shape index (κ1) is 19.1. The smallest absolute Gasteiger partial charge is 0.252 e. The molecule has 5 nitrogen and oxygen atoms in total. The average molecular weight is 365 g/mol. The Morgan fingerprint density at radius 1 is 1.04 bits per heavy atom. The van der Waals surface area contributed by atoms with Gasteiger partial charge in [0.2, 0.25) is 5.91 Å². The van der Waals surface area contributed by atoms with E-state index >= 15 is 0 Å². The highest BCUT2D eigenvalue weighted by Crippen LogP contribution is 2.25. The molecule has 0 spiro atoms. The second-order valence-corrected chi connectivity index (χ2v) is 6.83. The largest absolute Gasteiger partial charge is 0.353 e.